The van der Waals surface area contributed by atoms with Gasteiger partial charge in [-0.1, -0.05) is 6.92 Å². The minimum absolute atomic E-state index is 0.0433. The van der Waals surface area contributed by atoms with Gasteiger partial charge in [-0.05, 0) is 31.5 Å². The molecule has 2 amide bonds. The molecule has 0 N–H and O–H groups in total. The van der Waals surface area contributed by atoms with Crippen LogP contribution in [0.25, 0.3) is 0 Å². The topological polar surface area (TPSA) is 71.6 Å². The van der Waals surface area contributed by atoms with Crippen LogP contribution in [-0.4, -0.2) is 98.8 Å². The maximum Gasteiger partial charge on any atom is 0.254 e. The second kappa shape index (κ2) is 11.2. The van der Waals surface area contributed by atoms with Crippen LogP contribution < -0.4 is 9.47 Å². The maximum atomic E-state index is 13.0. The number of ether oxygens (including phenoxy) is 3. The zero-order valence-corrected chi connectivity index (χ0v) is 18.1. The highest BCUT2D eigenvalue weighted by atomic mass is 16.5. The summed E-state index contributed by atoms with van der Waals surface area (Å²) in [5, 5.41) is 0. The summed E-state index contributed by atoms with van der Waals surface area (Å²) in [5.74, 6) is 1.34. The van der Waals surface area contributed by atoms with Crippen molar-refractivity contribution < 1.29 is 23.8 Å². The summed E-state index contributed by atoms with van der Waals surface area (Å²) in [6.07, 6.45) is 0.904. The number of rotatable bonds is 8. The normalized spacial score (nSPS) is 17.7. The Kier molecular flexibility index (Phi) is 8.33. The number of hydrogen-bond acceptors (Lipinski definition) is 6. The van der Waals surface area contributed by atoms with Gasteiger partial charge in [0.1, 0.15) is 0 Å². The Balaban J connectivity index is 1.55. The standard InChI is InChI=1S/C22H33N3O5/c1-3-13-30-19-6-5-18(16-20(19)29-4-2)22(27)25-9-7-24(8-10-25)21(26)17-23-11-14-28-15-12-23/h5-6,16H,3-4,7-15,17H2,1-2H3. The molecule has 0 aromatic heterocycles. The van der Waals surface area contributed by atoms with Gasteiger partial charge in [0.05, 0.1) is 33.0 Å². The van der Waals surface area contributed by atoms with E-state index in [0.717, 1.165) is 19.5 Å². The number of carbonyl (C=O) groups is 2. The Bertz CT molecular complexity index is 713. The molecule has 0 bridgehead atoms. The minimum atomic E-state index is -0.0433. The molecule has 0 unspecified atom stereocenters. The number of hydrogen-bond donors (Lipinski definition) is 0. The van der Waals surface area contributed by atoms with E-state index in [2.05, 4.69) is 4.90 Å². The first-order chi connectivity index (χ1) is 14.6. The van der Waals surface area contributed by atoms with E-state index in [4.69, 9.17) is 14.2 Å². The molecule has 2 fully saturated rings. The van der Waals surface area contributed by atoms with Gasteiger partial charge in [-0.25, -0.2) is 0 Å². The van der Waals surface area contributed by atoms with E-state index in [9.17, 15) is 9.59 Å². The Morgan fingerprint density at radius 2 is 1.63 bits per heavy atom. The number of piperazine rings is 1. The molecule has 2 heterocycles. The minimum Gasteiger partial charge on any atom is -0.490 e. The summed E-state index contributed by atoms with van der Waals surface area (Å²) in [7, 11) is 0. The lowest BCUT2D eigenvalue weighted by Crippen LogP contribution is -2.53. The van der Waals surface area contributed by atoms with Crippen LogP contribution in [0.1, 0.15) is 30.6 Å². The second-order valence-corrected chi connectivity index (χ2v) is 7.50. The van der Waals surface area contributed by atoms with E-state index >= 15 is 0 Å². The van der Waals surface area contributed by atoms with Gasteiger partial charge in [0.15, 0.2) is 11.5 Å². The molecular formula is C22H33N3O5. The smallest absolute Gasteiger partial charge is 0.254 e. The Hall–Kier alpha value is -2.32. The molecule has 2 saturated heterocycles. The van der Waals surface area contributed by atoms with Crippen LogP contribution in [0.2, 0.25) is 0 Å². The number of nitrogens with zero attached hydrogens (tertiary/aromatic N) is 3. The molecule has 3 rings (SSSR count). The lowest BCUT2D eigenvalue weighted by molar-refractivity contribution is -0.134. The average molecular weight is 420 g/mol. The number of morpholine rings is 1. The zero-order chi connectivity index (χ0) is 21.3. The van der Waals surface area contributed by atoms with Crippen molar-refractivity contribution in [1.29, 1.82) is 0 Å². The summed E-state index contributed by atoms with van der Waals surface area (Å²) < 4.78 is 16.7. The van der Waals surface area contributed by atoms with Crippen molar-refractivity contribution in [2.75, 3.05) is 72.2 Å². The van der Waals surface area contributed by atoms with E-state index in [1.54, 1.807) is 23.1 Å². The molecule has 0 saturated carbocycles. The van der Waals surface area contributed by atoms with Gasteiger partial charge in [-0.2, -0.15) is 0 Å². The van der Waals surface area contributed by atoms with Gasteiger partial charge < -0.3 is 24.0 Å². The van der Waals surface area contributed by atoms with Gasteiger partial charge >= 0.3 is 0 Å². The first-order valence-corrected chi connectivity index (χ1v) is 10.9. The Labute approximate surface area is 178 Å². The number of carbonyl (C=O) groups excluding carboxylic acids is 2. The highest BCUT2D eigenvalue weighted by Crippen LogP contribution is 2.29. The molecule has 1 aromatic rings. The van der Waals surface area contributed by atoms with E-state index < -0.39 is 0 Å². The third-order valence-electron chi connectivity index (χ3n) is 5.33. The fraction of sp³-hybridized carbons (Fsp3) is 0.636. The van der Waals surface area contributed by atoms with Crippen molar-refractivity contribution in [1.82, 2.24) is 14.7 Å². The van der Waals surface area contributed by atoms with E-state index in [-0.39, 0.29) is 11.8 Å². The van der Waals surface area contributed by atoms with Crippen molar-refractivity contribution in [3.05, 3.63) is 23.8 Å². The molecule has 166 valence electrons. The number of amides is 2. The SMILES string of the molecule is CCCOc1ccc(C(=O)N2CCN(C(=O)CN3CCOCC3)CC2)cc1OCC. The molecule has 8 heteroatoms. The van der Waals surface area contributed by atoms with E-state index in [0.29, 0.717) is 76.2 Å². The molecule has 0 radical (unpaired) electrons. The number of benzene rings is 1. The lowest BCUT2D eigenvalue weighted by Gasteiger charge is -2.36. The highest BCUT2D eigenvalue weighted by molar-refractivity contribution is 5.95. The molecule has 0 aliphatic carbocycles. The molecule has 1 aromatic carbocycles. The van der Waals surface area contributed by atoms with Gasteiger partial charge in [0.25, 0.3) is 5.91 Å². The maximum absolute atomic E-state index is 13.0. The molecule has 2 aliphatic heterocycles. The quantitative estimate of drug-likeness (QED) is 0.636. The zero-order valence-electron chi connectivity index (χ0n) is 18.1. The Morgan fingerprint density at radius 3 is 2.30 bits per heavy atom. The fourth-order valence-electron chi connectivity index (χ4n) is 3.63. The van der Waals surface area contributed by atoms with Crippen molar-refractivity contribution in [3.63, 3.8) is 0 Å². The molecule has 0 spiro atoms. The molecular weight excluding hydrogens is 386 g/mol. The summed E-state index contributed by atoms with van der Waals surface area (Å²) in [6.45, 7) is 10.6. The highest BCUT2D eigenvalue weighted by Gasteiger charge is 2.26. The molecule has 8 nitrogen and oxygen atoms in total. The van der Waals surface area contributed by atoms with Crippen LogP contribution in [0, 0.1) is 0 Å². The predicted octanol–water partition coefficient (Wildman–Crippen LogP) is 1.49. The second-order valence-electron chi connectivity index (χ2n) is 7.50. The monoisotopic (exact) mass is 419 g/mol. The lowest BCUT2D eigenvalue weighted by atomic mass is 10.1. The van der Waals surface area contributed by atoms with Crippen molar-refractivity contribution in [3.8, 4) is 11.5 Å². The largest absolute Gasteiger partial charge is 0.490 e. The van der Waals surface area contributed by atoms with Gasteiger partial charge in [-0.15, -0.1) is 0 Å². The van der Waals surface area contributed by atoms with Crippen LogP contribution in [0.15, 0.2) is 18.2 Å². The van der Waals surface area contributed by atoms with Crippen LogP contribution in [0.4, 0.5) is 0 Å². The van der Waals surface area contributed by atoms with Crippen molar-refractivity contribution in [2.45, 2.75) is 20.3 Å². The third kappa shape index (κ3) is 5.86. The molecule has 30 heavy (non-hydrogen) atoms. The fourth-order valence-corrected chi connectivity index (χ4v) is 3.63. The van der Waals surface area contributed by atoms with Crippen molar-refractivity contribution >= 4 is 11.8 Å². The van der Waals surface area contributed by atoms with Crippen LogP contribution in [0.5, 0.6) is 11.5 Å². The van der Waals surface area contributed by atoms with Crippen molar-refractivity contribution in [2.24, 2.45) is 0 Å². The first-order valence-electron chi connectivity index (χ1n) is 10.9. The van der Waals surface area contributed by atoms with E-state index in [1.165, 1.54) is 0 Å². The molecule has 2 aliphatic rings. The molecule has 0 atom stereocenters. The summed E-state index contributed by atoms with van der Waals surface area (Å²) in [5.41, 5.74) is 0.579. The van der Waals surface area contributed by atoms with E-state index in [1.807, 2.05) is 18.7 Å². The average Bonchev–Trinajstić information content (AvgIpc) is 2.78. The summed E-state index contributed by atoms with van der Waals surface area (Å²) in [4.78, 5) is 31.3. The third-order valence-corrected chi connectivity index (χ3v) is 5.33. The first kappa shape index (κ1) is 22.4. The summed E-state index contributed by atoms with van der Waals surface area (Å²) >= 11 is 0. The summed E-state index contributed by atoms with van der Waals surface area (Å²) in [6, 6.07) is 5.34. The van der Waals surface area contributed by atoms with Gasteiger partial charge in [-0.3, -0.25) is 14.5 Å². The van der Waals surface area contributed by atoms with Gasteiger partial charge in [0, 0.05) is 44.8 Å². The van der Waals surface area contributed by atoms with Crippen LogP contribution in [-0.2, 0) is 9.53 Å². The van der Waals surface area contributed by atoms with Gasteiger partial charge in [0.2, 0.25) is 5.91 Å². The Morgan fingerprint density at radius 1 is 0.933 bits per heavy atom. The van der Waals surface area contributed by atoms with Crippen LogP contribution >= 0.6 is 0 Å². The van der Waals surface area contributed by atoms with Crippen LogP contribution in [0.3, 0.4) is 0 Å². The predicted molar refractivity (Wildman–Crippen MR) is 113 cm³/mol.